The molecule has 0 bridgehead atoms. The van der Waals surface area contributed by atoms with Crippen LogP contribution in [-0.4, -0.2) is 9.97 Å². The van der Waals surface area contributed by atoms with Crippen molar-refractivity contribution >= 4 is 44.2 Å². The van der Waals surface area contributed by atoms with E-state index in [2.05, 4.69) is 54.6 Å². The van der Waals surface area contributed by atoms with Crippen LogP contribution in [0.4, 0.5) is 0 Å². The van der Waals surface area contributed by atoms with Crippen molar-refractivity contribution in [2.45, 2.75) is 0 Å². The van der Waals surface area contributed by atoms with Gasteiger partial charge in [-0.1, -0.05) is 96.5 Å². The van der Waals surface area contributed by atoms with Gasteiger partial charge in [0.15, 0.2) is 0 Å². The largest absolute Gasteiger partial charge is 0.247 e. The Hall–Kier alpha value is -3.75. The molecule has 0 radical (unpaired) electrons. The van der Waals surface area contributed by atoms with Gasteiger partial charge in [0, 0.05) is 32.3 Å². The third kappa shape index (κ3) is 3.04. The quantitative estimate of drug-likeness (QED) is 0.268. The van der Waals surface area contributed by atoms with Gasteiger partial charge >= 0.3 is 0 Å². The van der Waals surface area contributed by atoms with Crippen molar-refractivity contribution in [3.63, 3.8) is 0 Å². The number of benzene rings is 4. The van der Waals surface area contributed by atoms with E-state index in [1.54, 1.807) is 0 Å². The number of hydrogen-bond donors (Lipinski definition) is 0. The van der Waals surface area contributed by atoms with Gasteiger partial charge in [-0.2, -0.15) is 0 Å². The van der Waals surface area contributed by atoms with Gasteiger partial charge in [-0.15, -0.1) is 0 Å². The number of fused-ring (bicyclic) bond motifs is 5. The van der Waals surface area contributed by atoms with Crippen LogP contribution in [0.1, 0.15) is 0 Å². The van der Waals surface area contributed by atoms with Crippen LogP contribution in [-0.2, 0) is 0 Å². The third-order valence-corrected chi connectivity index (χ3v) is 5.93. The Balaban J connectivity index is 1.79. The molecular weight excluding hydrogens is 400 g/mol. The van der Waals surface area contributed by atoms with Crippen molar-refractivity contribution in [3.8, 4) is 22.5 Å². The van der Waals surface area contributed by atoms with Crippen molar-refractivity contribution in [1.82, 2.24) is 9.97 Å². The van der Waals surface area contributed by atoms with Crippen molar-refractivity contribution in [2.24, 2.45) is 0 Å². The van der Waals surface area contributed by atoms with Crippen LogP contribution in [0.15, 0.2) is 103 Å². The van der Waals surface area contributed by atoms with Crippen LogP contribution in [0, 0.1) is 0 Å². The van der Waals surface area contributed by atoms with Crippen LogP contribution in [0.5, 0.6) is 0 Å². The molecule has 4 aromatic carbocycles. The monoisotopic (exact) mass is 416 g/mol. The van der Waals surface area contributed by atoms with E-state index in [-0.39, 0.29) is 0 Å². The zero-order chi connectivity index (χ0) is 20.8. The van der Waals surface area contributed by atoms with Gasteiger partial charge in [0.05, 0.1) is 22.4 Å². The van der Waals surface area contributed by atoms with E-state index in [4.69, 9.17) is 21.6 Å². The summed E-state index contributed by atoms with van der Waals surface area (Å²) >= 11 is 6.30. The fraction of sp³-hybridized carbons (Fsp3) is 0. The average Bonchev–Trinajstić information content (AvgIpc) is 2.83. The van der Waals surface area contributed by atoms with Crippen molar-refractivity contribution < 1.29 is 0 Å². The van der Waals surface area contributed by atoms with Crippen LogP contribution in [0.25, 0.3) is 55.1 Å². The lowest BCUT2D eigenvalue weighted by atomic mass is 9.97. The minimum absolute atomic E-state index is 0.684. The number of pyridine rings is 2. The number of hydrogen-bond acceptors (Lipinski definition) is 2. The maximum atomic E-state index is 6.30. The minimum atomic E-state index is 0.684. The maximum Gasteiger partial charge on any atom is 0.0810 e. The predicted octanol–water partition coefficient (Wildman–Crippen LogP) is 7.92. The number of halogens is 1. The molecule has 6 aromatic rings. The van der Waals surface area contributed by atoms with Crippen LogP contribution in [0.3, 0.4) is 0 Å². The van der Waals surface area contributed by atoms with Crippen LogP contribution >= 0.6 is 11.6 Å². The van der Waals surface area contributed by atoms with Gasteiger partial charge in [-0.05, 0) is 23.6 Å². The molecule has 2 aromatic heterocycles. The van der Waals surface area contributed by atoms with Crippen molar-refractivity contribution in [1.29, 1.82) is 0 Å². The molecule has 2 heterocycles. The Morgan fingerprint density at radius 3 is 2.03 bits per heavy atom. The van der Waals surface area contributed by atoms with Gasteiger partial charge in [-0.3, -0.25) is 0 Å². The van der Waals surface area contributed by atoms with Gasteiger partial charge in [0.1, 0.15) is 0 Å². The van der Waals surface area contributed by atoms with Gasteiger partial charge in [-0.25, -0.2) is 9.97 Å². The smallest absolute Gasteiger partial charge is 0.0810 e. The van der Waals surface area contributed by atoms with Crippen LogP contribution in [0.2, 0.25) is 5.02 Å². The summed E-state index contributed by atoms with van der Waals surface area (Å²) in [5, 5.41) is 5.05. The lowest BCUT2D eigenvalue weighted by Crippen LogP contribution is -1.93. The van der Waals surface area contributed by atoms with E-state index in [1.807, 2.05) is 48.5 Å². The van der Waals surface area contributed by atoms with Gasteiger partial charge < -0.3 is 0 Å². The molecule has 0 saturated carbocycles. The number of aromatic nitrogens is 2. The summed E-state index contributed by atoms with van der Waals surface area (Å²) in [6.45, 7) is 0. The molecule has 6 rings (SSSR count). The Bertz CT molecular complexity index is 1580. The van der Waals surface area contributed by atoms with E-state index in [0.29, 0.717) is 5.02 Å². The Morgan fingerprint density at radius 2 is 1.26 bits per heavy atom. The van der Waals surface area contributed by atoms with E-state index < -0.39 is 0 Å². The highest BCUT2D eigenvalue weighted by Crippen LogP contribution is 2.37. The molecule has 146 valence electrons. The maximum absolute atomic E-state index is 6.30. The van der Waals surface area contributed by atoms with Crippen LogP contribution < -0.4 is 0 Å². The summed E-state index contributed by atoms with van der Waals surface area (Å²) in [5.74, 6) is 0. The normalized spacial score (nSPS) is 11.4. The number of rotatable bonds is 2. The molecule has 0 fully saturated rings. The molecule has 0 aliphatic rings. The van der Waals surface area contributed by atoms with Gasteiger partial charge in [0.25, 0.3) is 0 Å². The molecule has 31 heavy (non-hydrogen) atoms. The summed E-state index contributed by atoms with van der Waals surface area (Å²) in [5.41, 5.74) is 5.89. The second-order valence-electron chi connectivity index (χ2n) is 7.61. The van der Waals surface area contributed by atoms with E-state index in [1.165, 1.54) is 0 Å². The fourth-order valence-electron chi connectivity index (χ4n) is 4.23. The summed E-state index contributed by atoms with van der Waals surface area (Å²) in [7, 11) is 0. The summed E-state index contributed by atoms with van der Waals surface area (Å²) < 4.78 is 0. The lowest BCUT2D eigenvalue weighted by Gasteiger charge is -2.13. The Morgan fingerprint density at radius 1 is 0.581 bits per heavy atom. The molecule has 0 atom stereocenters. The third-order valence-electron chi connectivity index (χ3n) is 5.70. The second kappa shape index (κ2) is 7.19. The predicted molar refractivity (Wildman–Crippen MR) is 130 cm³/mol. The topological polar surface area (TPSA) is 25.8 Å². The van der Waals surface area contributed by atoms with E-state index >= 15 is 0 Å². The lowest BCUT2D eigenvalue weighted by molar-refractivity contribution is 1.39. The zero-order valence-corrected chi connectivity index (χ0v) is 17.3. The molecule has 0 spiro atoms. The first kappa shape index (κ1) is 18.1. The average molecular weight is 417 g/mol. The first-order chi connectivity index (χ1) is 15.3. The van der Waals surface area contributed by atoms with E-state index in [9.17, 15) is 0 Å². The van der Waals surface area contributed by atoms with Crippen molar-refractivity contribution in [3.05, 3.63) is 108 Å². The minimum Gasteiger partial charge on any atom is -0.247 e. The molecular formula is C28H17ClN2. The van der Waals surface area contributed by atoms with E-state index in [0.717, 1.165) is 55.1 Å². The molecule has 0 aliphatic heterocycles. The Labute approximate surface area is 184 Å². The molecule has 0 saturated heterocycles. The molecule has 0 aliphatic carbocycles. The fourth-order valence-corrected chi connectivity index (χ4v) is 4.40. The Kier molecular flexibility index (Phi) is 4.19. The standard InChI is InChI=1S/C28H17ClN2/c29-21-13-15-22-23-14-11-20-12-16-24(18-7-3-1-4-8-18)30-28(20)26(23)27(31-25(22)17-21)19-9-5-2-6-10-19/h1-17H. The molecule has 2 nitrogen and oxygen atoms in total. The zero-order valence-electron chi connectivity index (χ0n) is 16.6. The highest BCUT2D eigenvalue weighted by Gasteiger charge is 2.15. The molecule has 3 heteroatoms. The molecule has 0 amide bonds. The first-order valence-corrected chi connectivity index (χ1v) is 10.6. The second-order valence-corrected chi connectivity index (χ2v) is 8.05. The first-order valence-electron chi connectivity index (χ1n) is 10.2. The van der Waals surface area contributed by atoms with Gasteiger partial charge in [0.2, 0.25) is 0 Å². The number of nitrogens with zero attached hydrogens (tertiary/aromatic N) is 2. The SMILES string of the molecule is Clc1ccc2c(c1)nc(-c1ccccc1)c1c2ccc2ccc(-c3ccccc3)nc21. The summed E-state index contributed by atoms with van der Waals surface area (Å²) in [6, 6.07) is 35.0. The van der Waals surface area contributed by atoms with Crippen molar-refractivity contribution in [2.75, 3.05) is 0 Å². The highest BCUT2D eigenvalue weighted by molar-refractivity contribution is 6.31. The summed E-state index contributed by atoms with van der Waals surface area (Å²) in [4.78, 5) is 10.2. The molecule has 0 N–H and O–H groups in total. The molecule has 0 unspecified atom stereocenters. The summed E-state index contributed by atoms with van der Waals surface area (Å²) in [6.07, 6.45) is 0. The highest BCUT2D eigenvalue weighted by atomic mass is 35.5.